The number of hydrogen-bond donors (Lipinski definition) is 2. The van der Waals surface area contributed by atoms with Gasteiger partial charge < -0.3 is 22.8 Å². The van der Waals surface area contributed by atoms with Gasteiger partial charge in [0.15, 0.2) is 32.3 Å². The molecule has 0 saturated carbocycles. The molecule has 252 valence electrons. The van der Waals surface area contributed by atoms with E-state index in [1.807, 2.05) is 18.2 Å². The Bertz CT molecular complexity index is 1610. The molecule has 1 aromatic carbocycles. The Labute approximate surface area is 272 Å². The van der Waals surface area contributed by atoms with Crippen molar-refractivity contribution >= 4 is 39.9 Å². The van der Waals surface area contributed by atoms with Crippen molar-refractivity contribution in [2.45, 2.75) is 115 Å². The van der Waals surface area contributed by atoms with E-state index in [0.717, 1.165) is 0 Å². The number of benzene rings is 1. The van der Waals surface area contributed by atoms with E-state index in [1.165, 1.54) is 0 Å². The summed E-state index contributed by atoms with van der Waals surface area (Å²) in [5.41, 5.74) is -0.119. The van der Waals surface area contributed by atoms with Crippen LogP contribution in [0.2, 0.25) is 28.2 Å². The molecular weight excluding hydrogens is 623 g/mol. The smallest absolute Gasteiger partial charge is 0.349 e. The summed E-state index contributed by atoms with van der Waals surface area (Å²) in [4.78, 5) is 37.5. The van der Waals surface area contributed by atoms with Gasteiger partial charge in [-0.25, -0.2) is 4.98 Å². The highest BCUT2D eigenvalue weighted by Crippen LogP contribution is 2.56. The molecule has 2 fully saturated rings. The first-order valence-electron chi connectivity index (χ1n) is 15.8. The van der Waals surface area contributed by atoms with Gasteiger partial charge in [0.1, 0.15) is 24.1 Å². The van der Waals surface area contributed by atoms with Crippen LogP contribution in [0.1, 0.15) is 68.5 Å². The maximum absolute atomic E-state index is 13.1. The predicted molar refractivity (Wildman–Crippen MR) is 181 cm³/mol. The second-order valence-electron chi connectivity index (χ2n) is 15.8. The maximum atomic E-state index is 13.1. The summed E-state index contributed by atoms with van der Waals surface area (Å²) in [5, 5.41) is 2.09. The monoisotopic (exact) mass is 671 g/mol. The van der Waals surface area contributed by atoms with Crippen molar-refractivity contribution < 1.29 is 27.5 Å². The van der Waals surface area contributed by atoms with Crippen LogP contribution in [0.25, 0.3) is 11.2 Å². The molecular formula is C32H49N5O7Si2. The molecule has 0 radical (unpaired) electrons. The van der Waals surface area contributed by atoms with Crippen molar-refractivity contribution in [3.63, 3.8) is 0 Å². The molecule has 1 amide bonds. The average Bonchev–Trinajstić information content (AvgIpc) is 3.51. The molecule has 14 heteroatoms. The minimum atomic E-state index is -2.87. The van der Waals surface area contributed by atoms with E-state index in [9.17, 15) is 9.59 Å². The predicted octanol–water partition coefficient (Wildman–Crippen LogP) is 5.88. The number of aromatic nitrogens is 4. The van der Waals surface area contributed by atoms with Gasteiger partial charge >= 0.3 is 8.56 Å². The Morgan fingerprint density at radius 2 is 1.74 bits per heavy atom. The van der Waals surface area contributed by atoms with E-state index in [1.54, 1.807) is 23.0 Å². The quantitative estimate of drug-likeness (QED) is 0.295. The zero-order chi connectivity index (χ0) is 33.9. The van der Waals surface area contributed by atoms with Crippen LogP contribution in [0.4, 0.5) is 5.95 Å². The molecule has 5 rings (SSSR count). The van der Waals surface area contributed by atoms with E-state index in [2.05, 4.69) is 95.7 Å². The Kier molecular flexibility index (Phi) is 8.96. The first kappa shape index (κ1) is 34.4. The lowest BCUT2D eigenvalue weighted by Crippen LogP contribution is -2.66. The van der Waals surface area contributed by atoms with Crippen molar-refractivity contribution in [2.24, 2.45) is 0 Å². The van der Waals surface area contributed by atoms with Crippen molar-refractivity contribution in [3.05, 3.63) is 47.0 Å². The van der Waals surface area contributed by atoms with Gasteiger partial charge in [-0.3, -0.25) is 24.5 Å². The summed E-state index contributed by atoms with van der Waals surface area (Å²) in [7, 11) is -5.24. The van der Waals surface area contributed by atoms with E-state index < -0.39 is 52.9 Å². The van der Waals surface area contributed by atoms with Gasteiger partial charge in [-0.2, -0.15) is 4.98 Å². The Morgan fingerprint density at radius 3 is 2.35 bits per heavy atom. The number of hydrogen-bond acceptors (Lipinski definition) is 9. The second kappa shape index (κ2) is 12.0. The summed E-state index contributed by atoms with van der Waals surface area (Å²) in [6.45, 7) is 24.2. The highest BCUT2D eigenvalue weighted by atomic mass is 28.4. The third-order valence-electron chi connectivity index (χ3n) is 9.33. The van der Waals surface area contributed by atoms with Crippen LogP contribution >= 0.6 is 0 Å². The van der Waals surface area contributed by atoms with Gasteiger partial charge in [0.2, 0.25) is 5.95 Å². The van der Waals surface area contributed by atoms with Gasteiger partial charge in [-0.1, -0.05) is 80.5 Å². The van der Waals surface area contributed by atoms with Crippen molar-refractivity contribution in [1.29, 1.82) is 0 Å². The number of ether oxygens (including phenoxy) is 2. The molecule has 0 bridgehead atoms. The fourth-order valence-electron chi connectivity index (χ4n) is 6.19. The van der Waals surface area contributed by atoms with Gasteiger partial charge in [0.25, 0.3) is 11.5 Å². The topological polar surface area (TPSA) is 139 Å². The number of aromatic amines is 1. The van der Waals surface area contributed by atoms with Crippen molar-refractivity contribution in [3.8, 4) is 5.75 Å². The minimum absolute atomic E-state index is 0.0235. The summed E-state index contributed by atoms with van der Waals surface area (Å²) < 4.78 is 35.0. The molecule has 2 aliphatic heterocycles. The lowest BCUT2D eigenvalue weighted by molar-refractivity contribution is -0.118. The fraction of sp³-hybridized carbons (Fsp3) is 0.625. The summed E-state index contributed by atoms with van der Waals surface area (Å²) in [5.74, 6) is 0.0528. The lowest BCUT2D eigenvalue weighted by atomic mass is 10.1. The molecule has 4 atom stereocenters. The molecule has 2 aliphatic rings. The Morgan fingerprint density at radius 1 is 1.09 bits per heavy atom. The number of fused-ring (bicyclic) bond motifs is 2. The normalized spacial score (nSPS) is 23.7. The van der Waals surface area contributed by atoms with Gasteiger partial charge in [-0.05, 0) is 30.3 Å². The standard InChI is InChI=1S/C32H49N5O7Si2/c1-30(2,3)45(10,11)43-25-24-21(17-41-46(44-24,31(4,5)6)32(7,8)9)42-28(25)37-19-33-23-26(37)35-29(36-27(23)39)34-22(38)18-40-20-15-13-12-14-16-20/h12-16,19,21,24-25,28H,17-18H2,1-11H3,(H2,34,35,36,38,39)/t21-,24-,25-,28-/m1/s1. The number of amides is 1. The number of carbonyl (C=O) groups excluding carboxylic acids is 1. The van der Waals surface area contributed by atoms with E-state index in [0.29, 0.717) is 12.4 Å². The first-order valence-corrected chi connectivity index (χ1v) is 20.6. The van der Waals surface area contributed by atoms with E-state index >= 15 is 0 Å². The van der Waals surface area contributed by atoms with Gasteiger partial charge in [0, 0.05) is 10.1 Å². The molecule has 46 heavy (non-hydrogen) atoms. The van der Waals surface area contributed by atoms with Crippen molar-refractivity contribution in [2.75, 3.05) is 18.5 Å². The highest BCUT2D eigenvalue weighted by molar-refractivity contribution is 6.74. The molecule has 3 aromatic rings. The zero-order valence-electron chi connectivity index (χ0n) is 28.9. The number of imidazole rings is 1. The summed E-state index contributed by atoms with van der Waals surface area (Å²) in [6, 6.07) is 9.00. The minimum Gasteiger partial charge on any atom is -0.484 e. The number of carbonyl (C=O) groups is 1. The van der Waals surface area contributed by atoms with E-state index in [-0.39, 0.29) is 38.8 Å². The molecule has 2 saturated heterocycles. The van der Waals surface area contributed by atoms with Crippen LogP contribution < -0.4 is 15.6 Å². The van der Waals surface area contributed by atoms with Gasteiger partial charge in [0.05, 0.1) is 12.9 Å². The number of H-pyrrole nitrogens is 1. The molecule has 12 nitrogen and oxygen atoms in total. The summed E-state index contributed by atoms with van der Waals surface area (Å²) in [6.07, 6.45) is -0.505. The average molecular weight is 672 g/mol. The van der Waals surface area contributed by atoms with Crippen molar-refractivity contribution in [1.82, 2.24) is 19.5 Å². The third-order valence-corrected chi connectivity index (χ3v) is 18.9. The molecule has 0 aliphatic carbocycles. The lowest BCUT2D eigenvalue weighted by Gasteiger charge is -2.54. The Balaban J connectivity index is 1.51. The second-order valence-corrected chi connectivity index (χ2v) is 25.3. The van der Waals surface area contributed by atoms with Crippen LogP contribution in [0.5, 0.6) is 5.75 Å². The van der Waals surface area contributed by atoms with Crippen LogP contribution in [0.3, 0.4) is 0 Å². The third kappa shape index (κ3) is 6.34. The van der Waals surface area contributed by atoms with Crippen LogP contribution in [-0.4, -0.2) is 73.8 Å². The first-order chi connectivity index (χ1) is 21.2. The molecule has 0 spiro atoms. The number of nitrogens with zero attached hydrogens (tertiary/aromatic N) is 3. The zero-order valence-corrected chi connectivity index (χ0v) is 30.9. The number of para-hydroxylation sites is 1. The maximum Gasteiger partial charge on any atom is 0.349 e. The Hall–Kier alpha value is -2.89. The summed E-state index contributed by atoms with van der Waals surface area (Å²) >= 11 is 0. The number of nitrogens with one attached hydrogen (secondary N) is 2. The highest BCUT2D eigenvalue weighted by Gasteiger charge is 2.66. The molecule has 0 unspecified atom stereocenters. The molecule has 2 N–H and O–H groups in total. The van der Waals surface area contributed by atoms with Crippen LogP contribution in [0.15, 0.2) is 41.5 Å². The SMILES string of the molecule is CC(C)(C)[Si](C)(C)O[C@@H]1[C@@H]2O[Si](C(C)(C)C)(C(C)(C)C)OC[C@H]2O[C@H]1n1cnc2c(=O)[nH]c(NC(=O)COc3ccccc3)nc21. The molecule has 2 aromatic heterocycles. The van der Waals surface area contributed by atoms with Crippen LogP contribution in [-0.2, 0) is 22.8 Å². The number of anilines is 1. The largest absolute Gasteiger partial charge is 0.484 e. The number of rotatable bonds is 7. The van der Waals surface area contributed by atoms with E-state index in [4.69, 9.17) is 22.8 Å². The molecule has 4 heterocycles. The fourth-order valence-corrected chi connectivity index (χ4v) is 12.4. The van der Waals surface area contributed by atoms with Gasteiger partial charge in [-0.15, -0.1) is 0 Å². The van der Waals surface area contributed by atoms with Crippen LogP contribution in [0, 0.1) is 0 Å².